The minimum absolute atomic E-state index is 0.00522. The molecule has 38 heteroatoms. The van der Waals surface area contributed by atoms with Gasteiger partial charge in [-0.15, -0.1) is 0 Å². The van der Waals surface area contributed by atoms with Crippen molar-refractivity contribution in [3.63, 3.8) is 0 Å². The molecule has 12 aromatic heterocycles. The smallest absolute Gasteiger partial charge is 0.410 e. The van der Waals surface area contributed by atoms with Crippen LogP contribution in [0, 0.1) is 17.5 Å². The predicted molar refractivity (Wildman–Crippen MR) is 432 cm³/mol. The van der Waals surface area contributed by atoms with Gasteiger partial charge < -0.3 is 29.2 Å². The summed E-state index contributed by atoms with van der Waals surface area (Å²) < 4.78 is 106. The molecule has 113 heavy (non-hydrogen) atoms. The molecule has 0 aromatic carbocycles. The van der Waals surface area contributed by atoms with E-state index < -0.39 is 63.6 Å². The van der Waals surface area contributed by atoms with Crippen LogP contribution in [-0.2, 0) is 49.2 Å². The summed E-state index contributed by atoms with van der Waals surface area (Å²) in [5.74, 6) is -0.252. The number of pyridine rings is 3. The van der Waals surface area contributed by atoms with Crippen molar-refractivity contribution < 1.29 is 45.3 Å². The normalized spacial score (nSPS) is 17.1. The molecule has 15 rings (SSSR count). The molecule has 1 N–H and O–H groups in total. The van der Waals surface area contributed by atoms with Crippen LogP contribution in [0.4, 0.5) is 18.0 Å². The van der Waals surface area contributed by atoms with Crippen molar-refractivity contribution in [3.8, 4) is 34.6 Å². The molecule has 3 aliphatic heterocycles. The highest BCUT2D eigenvalue weighted by molar-refractivity contribution is 7.88. The lowest BCUT2D eigenvalue weighted by Gasteiger charge is -2.34. The number of sulfonamides is 1. The van der Waals surface area contributed by atoms with E-state index in [-0.39, 0.29) is 67.5 Å². The van der Waals surface area contributed by atoms with Gasteiger partial charge in [0.25, 0.3) is 0 Å². The Bertz CT molecular complexity index is 5780. The summed E-state index contributed by atoms with van der Waals surface area (Å²) in [6, 6.07) is 11.0. The second-order valence-corrected chi connectivity index (χ2v) is 52.6. The zero-order valence-corrected chi connectivity index (χ0v) is 70.1. The lowest BCUT2D eigenvalue weighted by molar-refractivity contribution is 0.0171. The number of amides is 1. The van der Waals surface area contributed by atoms with Crippen molar-refractivity contribution in [1.29, 1.82) is 0 Å². The average molecular weight is 1630 g/mol. The monoisotopic (exact) mass is 1630 g/mol. The molecule has 0 aliphatic carbocycles. The highest BCUT2D eigenvalue weighted by Gasteiger charge is 2.35. The maximum atomic E-state index is 14.1. The summed E-state index contributed by atoms with van der Waals surface area (Å²) >= 11 is 0. The number of likely N-dealkylation sites (tertiary alicyclic amines) is 1. The van der Waals surface area contributed by atoms with Crippen LogP contribution < -0.4 is 22.4 Å². The molecule has 0 bridgehead atoms. The third kappa shape index (κ3) is 18.9. The quantitative estimate of drug-likeness (QED) is 0.0487. The van der Waals surface area contributed by atoms with E-state index in [1.54, 1.807) is 96.3 Å². The van der Waals surface area contributed by atoms with E-state index in [0.29, 0.717) is 151 Å². The van der Waals surface area contributed by atoms with E-state index >= 15 is 0 Å². The summed E-state index contributed by atoms with van der Waals surface area (Å²) in [4.78, 5) is 96.6. The van der Waals surface area contributed by atoms with Gasteiger partial charge in [-0.05, 0) is 120 Å². The number of piperidine rings is 3. The van der Waals surface area contributed by atoms with Gasteiger partial charge >= 0.3 is 23.2 Å². The van der Waals surface area contributed by atoms with Crippen LogP contribution in [0.2, 0.25) is 77.1 Å². The maximum Gasteiger partial charge on any atom is 0.410 e. The molecule has 31 nitrogen and oxygen atoms in total. The molecule has 0 spiro atoms. The molecular weight excluding hydrogens is 1530 g/mol. The highest BCUT2D eigenvalue weighted by atomic mass is 32.2. The number of halogens is 3. The Hall–Kier alpha value is -9.42. The van der Waals surface area contributed by atoms with Gasteiger partial charge in [0.2, 0.25) is 10.0 Å². The van der Waals surface area contributed by atoms with Gasteiger partial charge in [-0.25, -0.2) is 89.9 Å². The van der Waals surface area contributed by atoms with Crippen molar-refractivity contribution in [3.05, 3.63) is 141 Å². The number of aromatic nitrogens is 18. The van der Waals surface area contributed by atoms with Gasteiger partial charge in [-0.3, -0.25) is 40.6 Å². The van der Waals surface area contributed by atoms with Gasteiger partial charge in [0.15, 0.2) is 34.4 Å². The van der Waals surface area contributed by atoms with Crippen LogP contribution in [0.15, 0.2) is 107 Å². The summed E-state index contributed by atoms with van der Waals surface area (Å²) in [6.45, 7) is 31.0. The molecule has 3 fully saturated rings. The highest BCUT2D eigenvalue weighted by Crippen LogP contribution is 2.32. The first-order chi connectivity index (χ1) is 53.5. The molecule has 0 saturated carbocycles. The standard InChI is InChI=1S/C28H38FN7O4Si.C24H32FN7O4SSi.C23H30FN7O2Si/c1-28(2,3)40-27(38)33-11-7-8-20(17-33)36-25-22(35(26(36)37)18-39-12-13-41(4,5)6)15-31-24(32-25)21-14-30-23-10-9-19(29)16-34(21)23;1-37(34,35)29-9-5-6-18(15-29)32-23-20(31(24(32)33)16-36-10-11-38(2,3)4)13-27-22(28-23)19-12-26-21-8-7-17(25)14-30(19)21;1-34(2,3)10-9-33-15-30-19-13-27-21(18-12-26-20-7-6-16(24)14-29(18)20)28-22(19)31(23(30)32)17-5-4-8-25-11-17/h9-10,14-16,20H,7-8,11-13,17-18H2,1-6H3;7-8,12-14,18H,5-6,9-11,15-16H2,1-4H3;6-7,12-14,17,25H,4-5,8-11,15H2,1-3H3/t20-;18-;17-/m111/s1. The van der Waals surface area contributed by atoms with Crippen LogP contribution >= 0.6 is 0 Å². The lowest BCUT2D eigenvalue weighted by atomic mass is 10.1. The summed E-state index contributed by atoms with van der Waals surface area (Å²) in [5.41, 5.74) is 4.86. The second-order valence-electron chi connectivity index (χ2n) is 33.8. The van der Waals surface area contributed by atoms with E-state index in [1.165, 1.54) is 51.9 Å². The Morgan fingerprint density at radius 1 is 0.504 bits per heavy atom. The SMILES string of the molecule is CC(C)(C)OC(=O)N1CCC[C@@H](n2c(=O)n(COCC[Si](C)(C)C)c3cnc(-c4cnc5ccc(F)cn45)nc32)C1.C[Si](C)(C)CCOCn1c(=O)n([C@@H]2CCCN(S(C)(=O)=O)C2)c2nc(-c3cnc4ccc(F)cn34)ncc21.C[Si](C)(C)CCOCn1c(=O)n([C@@H]2CCCNC2)c2nc(-c3cnc4ccc(F)cn34)ncc21. The zero-order valence-electron chi connectivity index (χ0n) is 66.3. The topological polar surface area (TPSA) is 317 Å². The number of nitrogens with one attached hydrogen (secondary N) is 1. The fraction of sp³-hybridized carbons (Fsp3) is 0.507. The minimum Gasteiger partial charge on any atom is -0.444 e. The number of hydrogen-bond donors (Lipinski definition) is 1. The van der Waals surface area contributed by atoms with E-state index in [2.05, 4.69) is 94.1 Å². The molecule has 15 heterocycles. The average Bonchev–Trinajstić information content (AvgIpc) is 1.61. The summed E-state index contributed by atoms with van der Waals surface area (Å²) in [7, 11) is -7.28. The Kier molecular flexibility index (Phi) is 24.0. The van der Waals surface area contributed by atoms with Crippen molar-refractivity contribution >= 4 is 90.8 Å². The number of ether oxygens (including phenoxy) is 4. The molecule has 0 radical (unpaired) electrons. The summed E-state index contributed by atoms with van der Waals surface area (Å²) in [5, 5.41) is 3.38. The molecule has 12 aromatic rings. The van der Waals surface area contributed by atoms with Gasteiger partial charge in [0.05, 0.1) is 61.6 Å². The van der Waals surface area contributed by atoms with Crippen LogP contribution in [0.5, 0.6) is 0 Å². The first-order valence-corrected chi connectivity index (χ1v) is 51.2. The zero-order chi connectivity index (χ0) is 80.6. The van der Waals surface area contributed by atoms with Crippen molar-refractivity contribution in [2.24, 2.45) is 0 Å². The van der Waals surface area contributed by atoms with E-state index in [0.717, 1.165) is 37.5 Å². The fourth-order valence-electron chi connectivity index (χ4n) is 14.0. The van der Waals surface area contributed by atoms with Gasteiger partial charge in [0.1, 0.15) is 93.8 Å². The molecular formula is C75H100F3N21O10SSi3. The Morgan fingerprint density at radius 2 is 0.867 bits per heavy atom. The van der Waals surface area contributed by atoms with Crippen molar-refractivity contribution in [2.45, 2.75) is 180 Å². The largest absolute Gasteiger partial charge is 0.444 e. The van der Waals surface area contributed by atoms with Gasteiger partial charge in [-0.1, -0.05) is 58.9 Å². The van der Waals surface area contributed by atoms with Gasteiger partial charge in [0, 0.05) is 95.4 Å². The van der Waals surface area contributed by atoms with Crippen molar-refractivity contribution in [1.82, 2.24) is 100.0 Å². The number of hydrogen-bond acceptors (Lipinski definition) is 20. The van der Waals surface area contributed by atoms with Crippen LogP contribution in [0.25, 0.3) is 85.0 Å². The number of fused-ring (bicyclic) bond motifs is 6. The van der Waals surface area contributed by atoms with E-state index in [4.69, 9.17) is 33.9 Å². The maximum absolute atomic E-state index is 14.1. The summed E-state index contributed by atoms with van der Waals surface area (Å²) in [6.07, 6.45) is 18.9. The Balaban J connectivity index is 0.000000149. The Labute approximate surface area is 653 Å². The fourth-order valence-corrected chi connectivity index (χ4v) is 17.2. The second kappa shape index (κ2) is 33.2. The third-order valence-corrected chi connectivity index (χ3v) is 26.5. The number of rotatable bonds is 22. The molecule has 0 unspecified atom stereocenters. The number of nitrogens with zero attached hydrogens (tertiary/aromatic N) is 20. The molecule has 1 amide bonds. The lowest BCUT2D eigenvalue weighted by Crippen LogP contribution is -2.45. The first kappa shape index (κ1) is 81.6. The van der Waals surface area contributed by atoms with Crippen LogP contribution in [0.3, 0.4) is 0 Å². The Morgan fingerprint density at radius 3 is 1.22 bits per heavy atom. The number of imidazole rings is 6. The minimum atomic E-state index is -3.42. The molecule has 3 atom stereocenters. The molecule has 3 aliphatic rings. The van der Waals surface area contributed by atoms with E-state index in [9.17, 15) is 40.8 Å². The van der Waals surface area contributed by atoms with Crippen LogP contribution in [0.1, 0.15) is 77.4 Å². The molecule has 3 saturated heterocycles. The van der Waals surface area contributed by atoms with Crippen molar-refractivity contribution in [2.75, 3.05) is 65.3 Å². The van der Waals surface area contributed by atoms with Crippen LogP contribution in [-0.4, -0.2) is 204 Å². The number of carbonyl (C=O) groups is 1. The predicted octanol–water partition coefficient (Wildman–Crippen LogP) is 11.2. The third-order valence-electron chi connectivity index (χ3n) is 20.1. The number of carbonyl (C=O) groups excluding carboxylic acids is 1. The first-order valence-electron chi connectivity index (χ1n) is 38.2. The van der Waals surface area contributed by atoms with Gasteiger partial charge in [-0.2, -0.15) is 0 Å². The van der Waals surface area contributed by atoms with E-state index in [1.807, 2.05) is 20.8 Å². The molecule has 604 valence electrons.